The first kappa shape index (κ1) is 21.4. The van der Waals surface area contributed by atoms with E-state index in [1.54, 1.807) is 18.2 Å². The molecule has 4 rings (SSSR count). The van der Waals surface area contributed by atoms with Crippen LogP contribution < -0.4 is 5.32 Å². The van der Waals surface area contributed by atoms with Gasteiger partial charge in [0.25, 0.3) is 0 Å². The summed E-state index contributed by atoms with van der Waals surface area (Å²) in [6, 6.07) is 17.2. The first-order valence-electron chi connectivity index (χ1n) is 9.27. The lowest BCUT2D eigenvalue weighted by Crippen LogP contribution is -2.04. The van der Waals surface area contributed by atoms with E-state index in [-0.39, 0.29) is 26.6 Å². The molecule has 0 spiro atoms. The summed E-state index contributed by atoms with van der Waals surface area (Å²) in [5.74, 6) is 0.143. The van der Waals surface area contributed by atoms with E-state index in [1.807, 2.05) is 38.1 Å². The quantitative estimate of drug-likeness (QED) is 0.350. The van der Waals surface area contributed by atoms with Crippen LogP contribution in [-0.4, -0.2) is 18.4 Å². The van der Waals surface area contributed by atoms with Crippen LogP contribution in [0.4, 0.5) is 17.3 Å². The Bertz CT molecular complexity index is 1410. The van der Waals surface area contributed by atoms with E-state index >= 15 is 0 Å². The molecule has 3 aromatic carbocycles. The number of benzene rings is 3. The molecular weight excluding hydrogens is 455 g/mol. The number of para-hydroxylation sites is 2. The highest BCUT2D eigenvalue weighted by Gasteiger charge is 2.17. The highest BCUT2D eigenvalue weighted by atomic mass is 35.5. The van der Waals surface area contributed by atoms with Crippen molar-refractivity contribution in [2.75, 3.05) is 5.32 Å². The van der Waals surface area contributed by atoms with Gasteiger partial charge in [0.05, 0.1) is 15.4 Å². The van der Waals surface area contributed by atoms with E-state index in [1.165, 1.54) is 18.2 Å². The van der Waals surface area contributed by atoms with Gasteiger partial charge in [-0.15, -0.1) is 0 Å². The van der Waals surface area contributed by atoms with Crippen LogP contribution in [-0.2, 0) is 10.0 Å². The molecule has 158 valence electrons. The number of hydrogen-bond acceptors (Lipinski definition) is 5. The molecule has 0 aliphatic carbocycles. The number of rotatable bonds is 5. The Morgan fingerprint density at radius 1 is 0.903 bits per heavy atom. The Morgan fingerprint density at radius 2 is 1.61 bits per heavy atom. The van der Waals surface area contributed by atoms with Crippen LogP contribution in [0.1, 0.15) is 11.1 Å². The van der Waals surface area contributed by atoms with Crippen molar-refractivity contribution in [3.8, 4) is 0 Å². The van der Waals surface area contributed by atoms with Crippen LogP contribution in [0.2, 0.25) is 10.0 Å². The van der Waals surface area contributed by atoms with Crippen molar-refractivity contribution < 1.29 is 8.42 Å². The predicted molar refractivity (Wildman–Crippen MR) is 125 cm³/mol. The largest absolute Gasteiger partial charge is 0.431 e. The van der Waals surface area contributed by atoms with E-state index in [2.05, 4.69) is 20.0 Å². The van der Waals surface area contributed by atoms with E-state index in [0.29, 0.717) is 11.0 Å². The smallest absolute Gasteiger partial charge is 0.204 e. The van der Waals surface area contributed by atoms with Gasteiger partial charge in [-0.05, 0) is 66.6 Å². The Balaban J connectivity index is 1.83. The minimum atomic E-state index is -4.20. The average molecular weight is 472 g/mol. The molecule has 31 heavy (non-hydrogen) atoms. The molecule has 0 saturated carbocycles. The maximum absolute atomic E-state index is 13.0. The summed E-state index contributed by atoms with van der Waals surface area (Å²) in [5.41, 5.74) is 3.90. The summed E-state index contributed by atoms with van der Waals surface area (Å²) in [4.78, 5) is 8.81. The molecule has 0 amide bonds. The first-order chi connectivity index (χ1) is 14.7. The number of sulfonamides is 1. The van der Waals surface area contributed by atoms with Crippen LogP contribution in [0.15, 0.2) is 65.6 Å². The molecule has 4 aromatic rings. The molecule has 1 heterocycles. The van der Waals surface area contributed by atoms with E-state index in [0.717, 1.165) is 16.8 Å². The number of hydrogen-bond donors (Lipinski definition) is 1. The molecule has 1 N–H and O–H groups in total. The summed E-state index contributed by atoms with van der Waals surface area (Å²) in [7, 11) is -4.20. The van der Waals surface area contributed by atoms with Crippen molar-refractivity contribution >= 4 is 61.6 Å². The van der Waals surface area contributed by atoms with Gasteiger partial charge in [-0.25, -0.2) is 13.4 Å². The van der Waals surface area contributed by atoms with Crippen molar-refractivity contribution in [2.24, 2.45) is 0 Å². The minimum Gasteiger partial charge on any atom is -0.431 e. The fourth-order valence-corrected chi connectivity index (χ4v) is 4.66. The summed E-state index contributed by atoms with van der Waals surface area (Å²) in [6.07, 6.45) is 0. The Hall–Kier alpha value is -2.87. The van der Waals surface area contributed by atoms with Gasteiger partial charge in [0.1, 0.15) is 5.82 Å². The minimum absolute atomic E-state index is 0.0194. The fourth-order valence-electron chi connectivity index (χ4n) is 2.97. The standard InChI is InChI=1S/C22H17Cl2N4O2S/c1-13-7-8-14(2)19(11-13)27-21-22(26-18-6-4-3-5-17(18)25-21)28-31(29,30)20-12-15(23)9-10-16(20)24/h3-12H,1-2H3,(H-,25,26,27,28)/q-1. The molecule has 0 bridgehead atoms. The second kappa shape index (κ2) is 8.34. The third kappa shape index (κ3) is 4.58. The lowest BCUT2D eigenvalue weighted by atomic mass is 10.1. The predicted octanol–water partition coefficient (Wildman–Crippen LogP) is 6.69. The summed E-state index contributed by atoms with van der Waals surface area (Å²) < 4.78 is 30.0. The van der Waals surface area contributed by atoms with Gasteiger partial charge in [-0.2, -0.15) is 0 Å². The number of anilines is 2. The van der Waals surface area contributed by atoms with E-state index in [9.17, 15) is 8.42 Å². The van der Waals surface area contributed by atoms with Gasteiger partial charge in [0, 0.05) is 10.7 Å². The normalized spacial score (nSPS) is 11.5. The van der Waals surface area contributed by atoms with E-state index < -0.39 is 10.0 Å². The van der Waals surface area contributed by atoms with Crippen molar-refractivity contribution in [3.63, 3.8) is 0 Å². The molecule has 0 radical (unpaired) electrons. The molecule has 0 aliphatic heterocycles. The molecule has 0 aliphatic rings. The molecule has 0 fully saturated rings. The Morgan fingerprint density at radius 3 is 2.35 bits per heavy atom. The molecule has 0 atom stereocenters. The lowest BCUT2D eigenvalue weighted by molar-refractivity contribution is 0.603. The van der Waals surface area contributed by atoms with Gasteiger partial charge in [0.15, 0.2) is 0 Å². The van der Waals surface area contributed by atoms with Crippen LogP contribution in [0.25, 0.3) is 15.8 Å². The second-order valence-electron chi connectivity index (χ2n) is 6.97. The zero-order chi connectivity index (χ0) is 22.2. The molecular formula is C22H17Cl2N4O2S-. The number of halogens is 2. The van der Waals surface area contributed by atoms with E-state index in [4.69, 9.17) is 23.2 Å². The van der Waals surface area contributed by atoms with Crippen molar-refractivity contribution in [1.29, 1.82) is 0 Å². The Kier molecular flexibility index (Phi) is 5.75. The number of nitrogens with zero attached hydrogens (tertiary/aromatic N) is 3. The summed E-state index contributed by atoms with van der Waals surface area (Å²) in [6.45, 7) is 3.91. The Labute approximate surface area is 190 Å². The third-order valence-corrected chi connectivity index (χ3v) is 6.56. The van der Waals surface area contributed by atoms with Crippen molar-refractivity contribution in [3.05, 3.63) is 86.6 Å². The number of aromatic nitrogens is 2. The SMILES string of the molecule is Cc1ccc(C)c(Nc2nc3ccccc3nc2[N-]S(=O)(=O)c2cc(Cl)ccc2Cl)c1. The van der Waals surface area contributed by atoms with Crippen LogP contribution >= 0.6 is 23.2 Å². The van der Waals surface area contributed by atoms with Gasteiger partial charge in [-0.3, -0.25) is 0 Å². The molecule has 0 saturated heterocycles. The maximum atomic E-state index is 13.0. The molecule has 6 nitrogen and oxygen atoms in total. The first-order valence-corrected chi connectivity index (χ1v) is 11.5. The van der Waals surface area contributed by atoms with Gasteiger partial charge >= 0.3 is 0 Å². The zero-order valence-corrected chi connectivity index (χ0v) is 18.9. The van der Waals surface area contributed by atoms with Crippen molar-refractivity contribution in [2.45, 2.75) is 18.7 Å². The molecule has 1 aromatic heterocycles. The number of nitrogens with one attached hydrogen (secondary N) is 1. The molecule has 0 unspecified atom stereocenters. The van der Waals surface area contributed by atoms with Gasteiger partial charge in [-0.1, -0.05) is 53.5 Å². The third-order valence-electron chi connectivity index (χ3n) is 4.58. The summed E-state index contributed by atoms with van der Waals surface area (Å²) in [5, 5.41) is 3.44. The van der Waals surface area contributed by atoms with Crippen molar-refractivity contribution in [1.82, 2.24) is 9.97 Å². The monoisotopic (exact) mass is 471 g/mol. The average Bonchev–Trinajstić information content (AvgIpc) is 2.72. The van der Waals surface area contributed by atoms with Crippen LogP contribution in [0.5, 0.6) is 0 Å². The van der Waals surface area contributed by atoms with Crippen LogP contribution in [0, 0.1) is 13.8 Å². The topological polar surface area (TPSA) is 86.1 Å². The highest BCUT2D eigenvalue weighted by Crippen LogP contribution is 2.37. The van der Waals surface area contributed by atoms with Crippen LogP contribution in [0.3, 0.4) is 0 Å². The zero-order valence-electron chi connectivity index (χ0n) is 16.6. The lowest BCUT2D eigenvalue weighted by Gasteiger charge is -2.22. The number of fused-ring (bicyclic) bond motifs is 1. The summed E-state index contributed by atoms with van der Waals surface area (Å²) >= 11 is 12.1. The molecule has 9 heteroatoms. The highest BCUT2D eigenvalue weighted by molar-refractivity contribution is 7.94. The number of aryl methyl sites for hydroxylation is 2. The fraction of sp³-hybridized carbons (Fsp3) is 0.0909. The van der Waals surface area contributed by atoms with Gasteiger partial charge in [0.2, 0.25) is 10.0 Å². The second-order valence-corrected chi connectivity index (χ2v) is 9.39. The van der Waals surface area contributed by atoms with Gasteiger partial charge < -0.3 is 15.0 Å². The maximum Gasteiger partial charge on any atom is 0.204 e.